The highest BCUT2D eigenvalue weighted by molar-refractivity contribution is 6.01. The molecule has 2 aromatic rings. The molecule has 0 fully saturated rings. The molecule has 0 aliphatic carbocycles. The van der Waals surface area contributed by atoms with Crippen LogP contribution in [0.2, 0.25) is 0 Å². The van der Waals surface area contributed by atoms with E-state index in [9.17, 15) is 9.59 Å². The summed E-state index contributed by atoms with van der Waals surface area (Å²) in [6.07, 6.45) is 0. The number of hydrogen-bond acceptors (Lipinski definition) is 4. The molecule has 0 saturated carbocycles. The number of fused-ring (bicyclic) bond motifs is 1. The fourth-order valence-electron chi connectivity index (χ4n) is 1.58. The third-order valence-corrected chi connectivity index (χ3v) is 2.26. The van der Waals surface area contributed by atoms with Crippen LogP contribution < -0.4 is 10.4 Å². The van der Waals surface area contributed by atoms with Gasteiger partial charge in [-0.05, 0) is 19.1 Å². The number of carboxylic acid groups (broad SMARTS) is 1. The zero-order chi connectivity index (χ0) is 12.4. The second-order valence-electron chi connectivity index (χ2n) is 3.38. The van der Waals surface area contributed by atoms with E-state index in [0.717, 1.165) is 6.07 Å². The highest BCUT2D eigenvalue weighted by Gasteiger charge is 2.12. The lowest BCUT2D eigenvalue weighted by Gasteiger charge is -2.05. The third-order valence-electron chi connectivity index (χ3n) is 2.26. The minimum atomic E-state index is -1.16. The van der Waals surface area contributed by atoms with E-state index in [4.69, 9.17) is 14.3 Å². The Morgan fingerprint density at radius 3 is 2.82 bits per heavy atom. The van der Waals surface area contributed by atoms with Crippen molar-refractivity contribution in [3.8, 4) is 5.75 Å². The van der Waals surface area contributed by atoms with Gasteiger partial charge in [-0.3, -0.25) is 0 Å². The Balaban J connectivity index is 2.71. The van der Waals surface area contributed by atoms with Gasteiger partial charge < -0.3 is 14.3 Å². The molecule has 0 spiro atoms. The SMILES string of the molecule is CCOc1ccc2c(C(=O)O)cc(=O)oc2c1. The Bertz CT molecular complexity index is 626. The van der Waals surface area contributed by atoms with E-state index in [1.165, 1.54) is 6.07 Å². The Morgan fingerprint density at radius 2 is 2.18 bits per heavy atom. The first-order chi connectivity index (χ1) is 8.11. The summed E-state index contributed by atoms with van der Waals surface area (Å²) in [5.41, 5.74) is -0.552. The summed E-state index contributed by atoms with van der Waals surface area (Å²) in [6.45, 7) is 2.31. The van der Waals surface area contributed by atoms with Crippen LogP contribution in [-0.2, 0) is 0 Å². The molecule has 1 aromatic heterocycles. The van der Waals surface area contributed by atoms with Gasteiger partial charge in [0.2, 0.25) is 0 Å². The van der Waals surface area contributed by atoms with Gasteiger partial charge in [0.25, 0.3) is 0 Å². The van der Waals surface area contributed by atoms with E-state index in [1.54, 1.807) is 12.1 Å². The van der Waals surface area contributed by atoms with Gasteiger partial charge in [-0.1, -0.05) is 0 Å². The zero-order valence-corrected chi connectivity index (χ0v) is 9.10. The average molecular weight is 234 g/mol. The number of ether oxygens (including phenoxy) is 1. The lowest BCUT2D eigenvalue weighted by atomic mass is 10.1. The summed E-state index contributed by atoms with van der Waals surface area (Å²) >= 11 is 0. The molecule has 17 heavy (non-hydrogen) atoms. The fraction of sp³-hybridized carbons (Fsp3) is 0.167. The smallest absolute Gasteiger partial charge is 0.337 e. The van der Waals surface area contributed by atoms with E-state index in [2.05, 4.69) is 0 Å². The highest BCUT2D eigenvalue weighted by Crippen LogP contribution is 2.22. The number of aromatic carboxylic acids is 1. The molecule has 0 atom stereocenters. The summed E-state index contributed by atoms with van der Waals surface area (Å²) in [7, 11) is 0. The van der Waals surface area contributed by atoms with Crippen molar-refractivity contribution in [2.24, 2.45) is 0 Å². The van der Waals surface area contributed by atoms with Crippen LogP contribution in [-0.4, -0.2) is 17.7 Å². The summed E-state index contributed by atoms with van der Waals surface area (Å²) in [5.74, 6) is -0.627. The first-order valence-electron chi connectivity index (χ1n) is 5.06. The summed E-state index contributed by atoms with van der Waals surface area (Å²) < 4.78 is 10.2. The highest BCUT2D eigenvalue weighted by atomic mass is 16.5. The van der Waals surface area contributed by atoms with E-state index < -0.39 is 11.6 Å². The van der Waals surface area contributed by atoms with Crippen molar-refractivity contribution in [2.75, 3.05) is 6.61 Å². The van der Waals surface area contributed by atoms with Gasteiger partial charge in [0.15, 0.2) is 0 Å². The quantitative estimate of drug-likeness (QED) is 0.820. The Kier molecular flexibility index (Phi) is 2.82. The number of rotatable bonds is 3. The van der Waals surface area contributed by atoms with Crippen molar-refractivity contribution in [1.82, 2.24) is 0 Å². The first-order valence-corrected chi connectivity index (χ1v) is 5.06. The predicted molar refractivity (Wildman–Crippen MR) is 60.6 cm³/mol. The molecule has 5 nitrogen and oxygen atoms in total. The molecule has 1 N–H and O–H groups in total. The van der Waals surface area contributed by atoms with Crippen molar-refractivity contribution in [3.05, 3.63) is 40.2 Å². The van der Waals surface area contributed by atoms with Crippen LogP contribution in [0.15, 0.2) is 33.5 Å². The van der Waals surface area contributed by atoms with Crippen LogP contribution in [0.5, 0.6) is 5.75 Å². The maximum Gasteiger partial charge on any atom is 0.337 e. The summed E-state index contributed by atoms with van der Waals surface area (Å²) in [4.78, 5) is 22.2. The molecule has 0 radical (unpaired) electrons. The minimum absolute atomic E-state index is 0.0701. The van der Waals surface area contributed by atoms with Crippen LogP contribution >= 0.6 is 0 Å². The Morgan fingerprint density at radius 1 is 1.41 bits per heavy atom. The average Bonchev–Trinajstić information content (AvgIpc) is 2.27. The lowest BCUT2D eigenvalue weighted by Crippen LogP contribution is -2.05. The second-order valence-corrected chi connectivity index (χ2v) is 3.38. The van der Waals surface area contributed by atoms with E-state index >= 15 is 0 Å². The predicted octanol–water partition coefficient (Wildman–Crippen LogP) is 1.89. The molecular weight excluding hydrogens is 224 g/mol. The van der Waals surface area contributed by atoms with Crippen LogP contribution in [0, 0.1) is 0 Å². The van der Waals surface area contributed by atoms with Crippen molar-refractivity contribution < 1.29 is 19.1 Å². The van der Waals surface area contributed by atoms with Crippen LogP contribution in [0.4, 0.5) is 0 Å². The molecular formula is C12H10O5. The first kappa shape index (κ1) is 11.2. The normalized spacial score (nSPS) is 10.4. The van der Waals surface area contributed by atoms with Crippen molar-refractivity contribution in [2.45, 2.75) is 6.92 Å². The van der Waals surface area contributed by atoms with Gasteiger partial charge in [0.05, 0.1) is 12.2 Å². The molecule has 1 heterocycles. The van der Waals surface area contributed by atoms with Crippen LogP contribution in [0.1, 0.15) is 17.3 Å². The molecule has 88 valence electrons. The molecule has 0 unspecified atom stereocenters. The third kappa shape index (κ3) is 2.13. The molecule has 2 rings (SSSR count). The van der Waals surface area contributed by atoms with Gasteiger partial charge >= 0.3 is 11.6 Å². The summed E-state index contributed by atoms with van der Waals surface area (Å²) in [6, 6.07) is 5.67. The van der Waals surface area contributed by atoms with Crippen LogP contribution in [0.3, 0.4) is 0 Å². The Hall–Kier alpha value is -2.30. The Labute approximate surface area is 96.2 Å². The molecule has 1 aromatic carbocycles. The number of benzene rings is 1. The second kappa shape index (κ2) is 4.29. The standard InChI is InChI=1S/C12H10O5/c1-2-16-7-3-4-8-9(12(14)15)6-11(13)17-10(8)5-7/h3-6H,2H2,1H3,(H,14,15). The summed E-state index contributed by atoms with van der Waals surface area (Å²) in [5, 5.41) is 9.34. The van der Waals surface area contributed by atoms with E-state index in [-0.39, 0.29) is 11.1 Å². The molecule has 0 saturated heterocycles. The number of carbonyl (C=O) groups is 1. The maximum atomic E-state index is 11.2. The fourth-order valence-corrected chi connectivity index (χ4v) is 1.58. The zero-order valence-electron chi connectivity index (χ0n) is 9.10. The molecule has 0 aliphatic rings. The largest absolute Gasteiger partial charge is 0.494 e. The van der Waals surface area contributed by atoms with Gasteiger partial charge in [-0.15, -0.1) is 0 Å². The van der Waals surface area contributed by atoms with E-state index in [1.807, 2.05) is 6.92 Å². The van der Waals surface area contributed by atoms with Crippen LogP contribution in [0.25, 0.3) is 11.0 Å². The molecule has 0 bridgehead atoms. The molecule has 0 amide bonds. The van der Waals surface area contributed by atoms with Crippen molar-refractivity contribution in [1.29, 1.82) is 0 Å². The topological polar surface area (TPSA) is 76.7 Å². The van der Waals surface area contributed by atoms with Gasteiger partial charge in [0, 0.05) is 17.5 Å². The number of carboxylic acids is 1. The molecule has 5 heteroatoms. The number of hydrogen-bond donors (Lipinski definition) is 1. The maximum absolute atomic E-state index is 11.2. The van der Waals surface area contributed by atoms with Crippen molar-refractivity contribution in [3.63, 3.8) is 0 Å². The minimum Gasteiger partial charge on any atom is -0.494 e. The molecule has 0 aliphatic heterocycles. The van der Waals surface area contributed by atoms with E-state index in [0.29, 0.717) is 17.7 Å². The van der Waals surface area contributed by atoms with Gasteiger partial charge in [-0.2, -0.15) is 0 Å². The van der Waals surface area contributed by atoms with Crippen molar-refractivity contribution >= 4 is 16.9 Å². The van der Waals surface area contributed by atoms with Gasteiger partial charge in [-0.25, -0.2) is 9.59 Å². The van der Waals surface area contributed by atoms with Gasteiger partial charge in [0.1, 0.15) is 11.3 Å². The monoisotopic (exact) mass is 234 g/mol. The lowest BCUT2D eigenvalue weighted by molar-refractivity contribution is 0.0698.